The summed E-state index contributed by atoms with van der Waals surface area (Å²) in [5, 5.41) is 0. The predicted molar refractivity (Wildman–Crippen MR) is 70.0 cm³/mol. The second-order valence-electron chi connectivity index (χ2n) is 4.60. The highest BCUT2D eigenvalue weighted by Crippen LogP contribution is 2.19. The van der Waals surface area contributed by atoms with Crippen molar-refractivity contribution >= 4 is 21.8 Å². The number of ether oxygens (including phenoxy) is 1. The van der Waals surface area contributed by atoms with E-state index in [9.17, 15) is 9.18 Å². The summed E-state index contributed by atoms with van der Waals surface area (Å²) < 4.78 is 19.0. The lowest BCUT2D eigenvalue weighted by atomic mass is 10.1. The second-order valence-corrected chi connectivity index (χ2v) is 5.45. The molecule has 0 aromatic heterocycles. The highest BCUT2D eigenvalue weighted by molar-refractivity contribution is 9.10. The maximum atomic E-state index is 13.1. The number of hydrogen-bond donors (Lipinski definition) is 0. The Bertz CT molecular complexity index is 456. The molecule has 1 aliphatic heterocycles. The molecule has 1 aromatic carbocycles. The first-order chi connectivity index (χ1) is 8.47. The Labute approximate surface area is 114 Å². The Kier molecular flexibility index (Phi) is 4.02. The molecular weight excluding hydrogens is 301 g/mol. The van der Waals surface area contributed by atoms with Gasteiger partial charge in [-0.3, -0.25) is 4.79 Å². The van der Waals surface area contributed by atoms with Crippen LogP contribution < -0.4 is 0 Å². The molecule has 2 unspecified atom stereocenters. The quantitative estimate of drug-likeness (QED) is 0.797. The molecule has 0 N–H and O–H groups in total. The Hall–Kier alpha value is -0.940. The summed E-state index contributed by atoms with van der Waals surface area (Å²) in [4.78, 5) is 14.0. The van der Waals surface area contributed by atoms with Crippen LogP contribution in [0.4, 0.5) is 4.39 Å². The third-order valence-corrected chi connectivity index (χ3v) is 3.48. The molecule has 2 rings (SSSR count). The Morgan fingerprint density at radius 1 is 1.39 bits per heavy atom. The van der Waals surface area contributed by atoms with Crippen LogP contribution in [0.1, 0.15) is 24.2 Å². The molecule has 18 heavy (non-hydrogen) atoms. The van der Waals surface area contributed by atoms with Gasteiger partial charge in [0, 0.05) is 18.7 Å². The van der Waals surface area contributed by atoms with Gasteiger partial charge in [0.05, 0.1) is 16.7 Å². The molecule has 2 atom stereocenters. The molecule has 0 bridgehead atoms. The topological polar surface area (TPSA) is 29.5 Å². The van der Waals surface area contributed by atoms with Crippen molar-refractivity contribution in [2.24, 2.45) is 0 Å². The van der Waals surface area contributed by atoms with E-state index in [4.69, 9.17) is 4.74 Å². The van der Waals surface area contributed by atoms with Gasteiger partial charge < -0.3 is 9.64 Å². The molecule has 1 aromatic rings. The number of rotatable bonds is 1. The number of nitrogens with zero attached hydrogens (tertiary/aromatic N) is 1. The standard InChI is InChI=1S/C13H15BrFNO2/c1-8-6-16(7-9(2)18-8)13(17)10-3-4-12(15)11(14)5-10/h3-5,8-9H,6-7H2,1-2H3. The van der Waals surface area contributed by atoms with Gasteiger partial charge in [0.15, 0.2) is 0 Å². The van der Waals surface area contributed by atoms with E-state index in [0.29, 0.717) is 23.1 Å². The fraction of sp³-hybridized carbons (Fsp3) is 0.462. The molecule has 1 saturated heterocycles. The summed E-state index contributed by atoms with van der Waals surface area (Å²) in [5.74, 6) is -0.451. The van der Waals surface area contributed by atoms with Gasteiger partial charge in [0.1, 0.15) is 5.82 Å². The molecule has 3 nitrogen and oxygen atoms in total. The number of carbonyl (C=O) groups is 1. The van der Waals surface area contributed by atoms with Gasteiger partial charge >= 0.3 is 0 Å². The van der Waals surface area contributed by atoms with Crippen molar-refractivity contribution in [2.45, 2.75) is 26.1 Å². The van der Waals surface area contributed by atoms with E-state index in [-0.39, 0.29) is 23.9 Å². The van der Waals surface area contributed by atoms with E-state index in [0.717, 1.165) is 0 Å². The molecule has 1 heterocycles. The van der Waals surface area contributed by atoms with E-state index in [1.54, 1.807) is 4.90 Å². The van der Waals surface area contributed by atoms with Crippen LogP contribution in [0.5, 0.6) is 0 Å². The molecule has 0 aliphatic carbocycles. The lowest BCUT2D eigenvalue weighted by Crippen LogP contribution is -2.48. The lowest BCUT2D eigenvalue weighted by Gasteiger charge is -2.35. The third kappa shape index (κ3) is 2.90. The summed E-state index contributed by atoms with van der Waals surface area (Å²) in [6, 6.07) is 4.32. The smallest absolute Gasteiger partial charge is 0.254 e. The highest BCUT2D eigenvalue weighted by Gasteiger charge is 2.26. The highest BCUT2D eigenvalue weighted by atomic mass is 79.9. The first kappa shape index (κ1) is 13.5. The monoisotopic (exact) mass is 315 g/mol. The minimum Gasteiger partial charge on any atom is -0.372 e. The van der Waals surface area contributed by atoms with Crippen LogP contribution in [0.3, 0.4) is 0 Å². The van der Waals surface area contributed by atoms with E-state index < -0.39 is 0 Å². The number of carbonyl (C=O) groups excluding carboxylic acids is 1. The fourth-order valence-electron chi connectivity index (χ4n) is 2.16. The van der Waals surface area contributed by atoms with Gasteiger partial charge in [-0.15, -0.1) is 0 Å². The summed E-state index contributed by atoms with van der Waals surface area (Å²) in [7, 11) is 0. The summed E-state index contributed by atoms with van der Waals surface area (Å²) in [5.41, 5.74) is 0.490. The minimum absolute atomic E-state index is 0.0292. The van der Waals surface area contributed by atoms with Crippen LogP contribution in [-0.4, -0.2) is 36.1 Å². The van der Waals surface area contributed by atoms with Crippen molar-refractivity contribution in [3.8, 4) is 0 Å². The van der Waals surface area contributed by atoms with E-state index in [1.165, 1.54) is 18.2 Å². The molecule has 98 valence electrons. The second kappa shape index (κ2) is 5.36. The lowest BCUT2D eigenvalue weighted by molar-refractivity contribution is -0.0586. The van der Waals surface area contributed by atoms with E-state index in [1.807, 2.05) is 13.8 Å². The molecule has 1 fully saturated rings. The van der Waals surface area contributed by atoms with Gasteiger partial charge in [-0.1, -0.05) is 0 Å². The largest absolute Gasteiger partial charge is 0.372 e. The van der Waals surface area contributed by atoms with Crippen molar-refractivity contribution < 1.29 is 13.9 Å². The van der Waals surface area contributed by atoms with Crippen molar-refractivity contribution in [3.05, 3.63) is 34.1 Å². The first-order valence-corrected chi connectivity index (χ1v) is 6.66. The van der Waals surface area contributed by atoms with Gasteiger partial charge in [0.2, 0.25) is 0 Å². The summed E-state index contributed by atoms with van der Waals surface area (Å²) in [6.45, 7) is 5.02. The molecule has 1 amide bonds. The maximum absolute atomic E-state index is 13.1. The Morgan fingerprint density at radius 2 is 2.00 bits per heavy atom. The first-order valence-electron chi connectivity index (χ1n) is 5.87. The van der Waals surface area contributed by atoms with E-state index >= 15 is 0 Å². The van der Waals surface area contributed by atoms with Crippen molar-refractivity contribution in [3.63, 3.8) is 0 Å². The number of benzene rings is 1. The molecule has 1 aliphatic rings. The minimum atomic E-state index is -0.365. The maximum Gasteiger partial charge on any atom is 0.254 e. The SMILES string of the molecule is CC1CN(C(=O)c2ccc(F)c(Br)c2)CC(C)O1. The summed E-state index contributed by atoms with van der Waals surface area (Å²) in [6.07, 6.45) is 0.0585. The van der Waals surface area contributed by atoms with Gasteiger partial charge in [0.25, 0.3) is 5.91 Å². The van der Waals surface area contributed by atoms with Crippen molar-refractivity contribution in [2.75, 3.05) is 13.1 Å². The number of amides is 1. The zero-order valence-corrected chi connectivity index (χ0v) is 11.9. The Balaban J connectivity index is 2.17. The number of morpholine rings is 1. The predicted octanol–water partition coefficient (Wildman–Crippen LogP) is 2.84. The van der Waals surface area contributed by atoms with Crippen LogP contribution in [0.2, 0.25) is 0 Å². The summed E-state index contributed by atoms with van der Waals surface area (Å²) >= 11 is 3.09. The van der Waals surface area contributed by atoms with Crippen LogP contribution in [0.25, 0.3) is 0 Å². The van der Waals surface area contributed by atoms with Gasteiger partial charge in [-0.2, -0.15) is 0 Å². The molecule has 5 heteroatoms. The zero-order valence-electron chi connectivity index (χ0n) is 10.3. The molecule has 0 radical (unpaired) electrons. The molecule has 0 saturated carbocycles. The normalized spacial score (nSPS) is 24.1. The average Bonchev–Trinajstić information content (AvgIpc) is 2.30. The molecule has 0 spiro atoms. The average molecular weight is 316 g/mol. The van der Waals surface area contributed by atoms with Gasteiger partial charge in [-0.25, -0.2) is 4.39 Å². The van der Waals surface area contributed by atoms with Crippen LogP contribution >= 0.6 is 15.9 Å². The van der Waals surface area contributed by atoms with Crippen LogP contribution in [0, 0.1) is 5.82 Å². The number of hydrogen-bond acceptors (Lipinski definition) is 2. The zero-order chi connectivity index (χ0) is 13.3. The van der Waals surface area contributed by atoms with E-state index in [2.05, 4.69) is 15.9 Å². The third-order valence-electron chi connectivity index (χ3n) is 2.87. The van der Waals surface area contributed by atoms with Crippen molar-refractivity contribution in [1.29, 1.82) is 0 Å². The van der Waals surface area contributed by atoms with Crippen LogP contribution in [0.15, 0.2) is 22.7 Å². The van der Waals surface area contributed by atoms with Crippen LogP contribution in [-0.2, 0) is 4.74 Å². The van der Waals surface area contributed by atoms with Gasteiger partial charge in [-0.05, 0) is 48.0 Å². The number of halogens is 2. The fourth-order valence-corrected chi connectivity index (χ4v) is 2.53. The van der Waals surface area contributed by atoms with Crippen molar-refractivity contribution in [1.82, 2.24) is 4.90 Å². The molecular formula is C13H15BrFNO2. The Morgan fingerprint density at radius 3 is 2.56 bits per heavy atom.